The van der Waals surface area contributed by atoms with Crippen LogP contribution in [0.25, 0.3) is 0 Å². The molecule has 0 aromatic rings. The highest BCUT2D eigenvalue weighted by atomic mass is 35.5. The van der Waals surface area contributed by atoms with E-state index in [9.17, 15) is 0 Å². The first-order valence-corrected chi connectivity index (χ1v) is 4.00. The van der Waals surface area contributed by atoms with Crippen LogP contribution in [0.15, 0.2) is 0 Å². The molecular formula is C7H14ClNO. The summed E-state index contributed by atoms with van der Waals surface area (Å²) in [7, 11) is 0. The Labute approximate surface area is 67.0 Å². The van der Waals surface area contributed by atoms with Crippen molar-refractivity contribution in [2.24, 2.45) is 5.92 Å². The van der Waals surface area contributed by atoms with E-state index in [1.165, 1.54) is 0 Å². The van der Waals surface area contributed by atoms with Gasteiger partial charge < -0.3 is 4.74 Å². The number of hydrogen-bond acceptors (Lipinski definition) is 2. The molecule has 0 radical (unpaired) electrons. The van der Waals surface area contributed by atoms with E-state index in [4.69, 9.17) is 21.7 Å². The molecule has 10 heavy (non-hydrogen) atoms. The van der Waals surface area contributed by atoms with Gasteiger partial charge in [-0.25, -0.2) is 0 Å². The van der Waals surface area contributed by atoms with E-state index in [2.05, 4.69) is 0 Å². The molecule has 1 fully saturated rings. The Balaban J connectivity index is 0.000000371. The summed E-state index contributed by atoms with van der Waals surface area (Å²) in [5, 5.41) is 7.22. The average Bonchev–Trinajstić information content (AvgIpc) is 2.42. The third-order valence-electron chi connectivity index (χ3n) is 1.29. The molecule has 1 unspecified atom stereocenters. The average molecular weight is 164 g/mol. The van der Waals surface area contributed by atoms with Crippen LogP contribution >= 0.6 is 11.6 Å². The Morgan fingerprint density at radius 3 is 2.40 bits per heavy atom. The van der Waals surface area contributed by atoms with E-state index in [1.807, 2.05) is 13.8 Å². The molecule has 0 aromatic carbocycles. The van der Waals surface area contributed by atoms with Crippen LogP contribution < -0.4 is 0 Å². The number of ether oxygens (including phenoxy) is 1. The molecule has 0 amide bonds. The molecule has 60 valence electrons. The van der Waals surface area contributed by atoms with Crippen molar-refractivity contribution in [2.75, 3.05) is 13.2 Å². The highest BCUT2D eigenvalue weighted by molar-refractivity contribution is 6.65. The number of rotatable bonds is 1. The van der Waals surface area contributed by atoms with Gasteiger partial charge >= 0.3 is 0 Å². The van der Waals surface area contributed by atoms with E-state index >= 15 is 0 Å². The zero-order chi connectivity index (χ0) is 7.98. The van der Waals surface area contributed by atoms with Crippen LogP contribution in [-0.2, 0) is 4.74 Å². The second-order valence-corrected chi connectivity index (χ2v) is 2.32. The summed E-state index contributed by atoms with van der Waals surface area (Å²) in [6, 6.07) is 0. The SMILES string of the molecule is CC.N=C(Cl)C1CCOC1. The van der Waals surface area contributed by atoms with Crippen LogP contribution in [0.1, 0.15) is 20.3 Å². The minimum atomic E-state index is 0.191. The molecule has 0 saturated carbocycles. The van der Waals surface area contributed by atoms with Gasteiger partial charge in [-0.15, -0.1) is 0 Å². The molecule has 1 aliphatic rings. The minimum Gasteiger partial charge on any atom is -0.381 e. The molecule has 1 atom stereocenters. The van der Waals surface area contributed by atoms with Gasteiger partial charge in [0.1, 0.15) is 5.17 Å². The fraction of sp³-hybridized carbons (Fsp3) is 0.857. The van der Waals surface area contributed by atoms with E-state index in [0.29, 0.717) is 6.61 Å². The predicted octanol–water partition coefficient (Wildman–Crippen LogP) is 2.27. The third-order valence-corrected chi connectivity index (χ3v) is 1.60. The Morgan fingerprint density at radius 2 is 2.20 bits per heavy atom. The summed E-state index contributed by atoms with van der Waals surface area (Å²) in [5.41, 5.74) is 0. The van der Waals surface area contributed by atoms with Crippen molar-refractivity contribution in [3.63, 3.8) is 0 Å². The zero-order valence-corrected chi connectivity index (χ0v) is 7.24. The second-order valence-electron chi connectivity index (χ2n) is 1.91. The van der Waals surface area contributed by atoms with Crippen molar-refractivity contribution in [3.05, 3.63) is 0 Å². The molecule has 0 bridgehead atoms. The highest BCUT2D eigenvalue weighted by Crippen LogP contribution is 2.14. The molecule has 0 aliphatic carbocycles. The third kappa shape index (κ3) is 3.18. The van der Waals surface area contributed by atoms with Crippen molar-refractivity contribution >= 4 is 16.8 Å². The lowest BCUT2D eigenvalue weighted by Gasteiger charge is -1.98. The quantitative estimate of drug-likeness (QED) is 0.591. The van der Waals surface area contributed by atoms with E-state index in [-0.39, 0.29) is 11.1 Å². The Morgan fingerprint density at radius 1 is 1.60 bits per heavy atom. The van der Waals surface area contributed by atoms with Gasteiger partial charge in [-0.3, -0.25) is 5.41 Å². The summed E-state index contributed by atoms with van der Waals surface area (Å²) < 4.78 is 4.99. The Kier molecular flexibility index (Phi) is 5.64. The largest absolute Gasteiger partial charge is 0.381 e. The number of hydrogen-bond donors (Lipinski definition) is 1. The molecule has 1 N–H and O–H groups in total. The van der Waals surface area contributed by atoms with E-state index in [0.717, 1.165) is 13.0 Å². The van der Waals surface area contributed by atoms with Crippen LogP contribution in [0, 0.1) is 11.3 Å². The van der Waals surface area contributed by atoms with Crippen molar-refractivity contribution in [1.29, 1.82) is 5.41 Å². The van der Waals surface area contributed by atoms with Gasteiger partial charge in [0.05, 0.1) is 6.61 Å². The van der Waals surface area contributed by atoms with Crippen molar-refractivity contribution in [3.8, 4) is 0 Å². The van der Waals surface area contributed by atoms with Crippen molar-refractivity contribution < 1.29 is 4.74 Å². The molecule has 1 saturated heterocycles. The van der Waals surface area contributed by atoms with Crippen molar-refractivity contribution in [1.82, 2.24) is 0 Å². The van der Waals surface area contributed by atoms with E-state index in [1.54, 1.807) is 0 Å². The first-order valence-electron chi connectivity index (χ1n) is 3.62. The molecular weight excluding hydrogens is 150 g/mol. The molecule has 1 rings (SSSR count). The van der Waals surface area contributed by atoms with Gasteiger partial charge in [0.15, 0.2) is 0 Å². The molecule has 1 heterocycles. The molecule has 2 nitrogen and oxygen atoms in total. The summed E-state index contributed by atoms with van der Waals surface area (Å²) >= 11 is 5.39. The zero-order valence-electron chi connectivity index (χ0n) is 6.48. The predicted molar refractivity (Wildman–Crippen MR) is 43.9 cm³/mol. The molecule has 0 spiro atoms. The van der Waals surface area contributed by atoms with Crippen LogP contribution in [0.3, 0.4) is 0 Å². The van der Waals surface area contributed by atoms with Crippen LogP contribution in [-0.4, -0.2) is 18.4 Å². The second kappa shape index (κ2) is 5.69. The molecule has 1 aliphatic heterocycles. The van der Waals surface area contributed by atoms with Crippen molar-refractivity contribution in [2.45, 2.75) is 20.3 Å². The summed E-state index contributed by atoms with van der Waals surface area (Å²) in [4.78, 5) is 0. The first kappa shape index (κ1) is 9.92. The van der Waals surface area contributed by atoms with Gasteiger partial charge in [0.25, 0.3) is 0 Å². The lowest BCUT2D eigenvalue weighted by molar-refractivity contribution is 0.193. The topological polar surface area (TPSA) is 33.1 Å². The summed E-state index contributed by atoms with van der Waals surface area (Å²) in [6.45, 7) is 5.40. The van der Waals surface area contributed by atoms with Gasteiger partial charge in [0.2, 0.25) is 0 Å². The number of halogens is 1. The summed E-state index contributed by atoms with van der Waals surface area (Å²) in [5.74, 6) is 0.191. The Hall–Kier alpha value is -0.0800. The van der Waals surface area contributed by atoms with Gasteiger partial charge in [-0.05, 0) is 6.42 Å². The maximum atomic E-state index is 6.98. The minimum absolute atomic E-state index is 0.191. The number of nitrogens with one attached hydrogen (secondary N) is 1. The maximum absolute atomic E-state index is 6.98. The fourth-order valence-corrected chi connectivity index (χ4v) is 0.907. The van der Waals surface area contributed by atoms with Crippen LogP contribution in [0.4, 0.5) is 0 Å². The highest BCUT2D eigenvalue weighted by Gasteiger charge is 2.18. The summed E-state index contributed by atoms with van der Waals surface area (Å²) in [6.07, 6.45) is 0.919. The first-order chi connectivity index (χ1) is 4.80. The smallest absolute Gasteiger partial charge is 0.102 e. The lowest BCUT2D eigenvalue weighted by Crippen LogP contribution is -2.05. The lowest BCUT2D eigenvalue weighted by atomic mass is 10.1. The van der Waals surface area contributed by atoms with Gasteiger partial charge in [-0.1, -0.05) is 25.4 Å². The monoisotopic (exact) mass is 163 g/mol. The van der Waals surface area contributed by atoms with Crippen LogP contribution in [0.2, 0.25) is 0 Å². The van der Waals surface area contributed by atoms with E-state index < -0.39 is 0 Å². The fourth-order valence-electron chi connectivity index (χ4n) is 0.734. The standard InChI is InChI=1S/C5H8ClNO.C2H6/c6-5(7)4-1-2-8-3-4;1-2/h4,7H,1-3H2;1-2H3. The maximum Gasteiger partial charge on any atom is 0.102 e. The molecule has 0 aromatic heterocycles. The normalized spacial score (nSPS) is 23.3. The molecule has 3 heteroatoms. The Bertz CT molecular complexity index is 99.8. The van der Waals surface area contributed by atoms with Gasteiger partial charge in [0, 0.05) is 12.5 Å². The van der Waals surface area contributed by atoms with Gasteiger partial charge in [-0.2, -0.15) is 0 Å². The van der Waals surface area contributed by atoms with Crippen LogP contribution in [0.5, 0.6) is 0 Å².